The Balaban J connectivity index is 1.31. The topological polar surface area (TPSA) is 9.23 Å². The largest absolute Gasteiger partial charge is 0.497 e. The van der Waals surface area contributed by atoms with E-state index < -0.39 is 0 Å². The van der Waals surface area contributed by atoms with Crippen molar-refractivity contribution in [3.05, 3.63) is 42.0 Å². The lowest BCUT2D eigenvalue weighted by Gasteiger charge is -2.42. The predicted octanol–water partition coefficient (Wildman–Crippen LogP) is 8.51. The molecule has 0 heterocycles. The molecule has 0 aromatic heterocycles. The van der Waals surface area contributed by atoms with Gasteiger partial charge < -0.3 is 4.74 Å². The van der Waals surface area contributed by atoms with Crippen molar-refractivity contribution in [1.29, 1.82) is 0 Å². The molecule has 0 spiro atoms. The van der Waals surface area contributed by atoms with Crippen molar-refractivity contribution in [3.8, 4) is 5.75 Å². The molecule has 0 amide bonds. The fourth-order valence-corrected chi connectivity index (χ4v) is 6.21. The van der Waals surface area contributed by atoms with E-state index in [1.165, 1.54) is 87.8 Å². The lowest BCUT2D eigenvalue weighted by Crippen LogP contribution is -2.30. The number of hydrogen-bond acceptors (Lipinski definition) is 1. The minimum absolute atomic E-state index is 0.772. The van der Waals surface area contributed by atoms with Crippen LogP contribution in [0.15, 0.2) is 36.4 Å². The van der Waals surface area contributed by atoms with Crippen molar-refractivity contribution in [1.82, 2.24) is 0 Å². The Bertz CT molecular complexity index is 779. The van der Waals surface area contributed by atoms with Gasteiger partial charge in [-0.15, -0.1) is 0 Å². The third kappa shape index (κ3) is 5.16. The summed E-state index contributed by atoms with van der Waals surface area (Å²) < 4.78 is 5.38. The van der Waals surface area contributed by atoms with Gasteiger partial charge in [0.05, 0.1) is 7.11 Å². The predicted molar refractivity (Wildman–Crippen MR) is 125 cm³/mol. The number of ether oxygens (including phenoxy) is 1. The van der Waals surface area contributed by atoms with Gasteiger partial charge >= 0.3 is 0 Å². The minimum Gasteiger partial charge on any atom is -0.497 e. The van der Waals surface area contributed by atoms with E-state index in [-0.39, 0.29) is 0 Å². The molecule has 2 aromatic carbocycles. The van der Waals surface area contributed by atoms with Crippen molar-refractivity contribution >= 4 is 10.8 Å². The van der Waals surface area contributed by atoms with Gasteiger partial charge in [-0.3, -0.25) is 0 Å². The van der Waals surface area contributed by atoms with Crippen molar-refractivity contribution < 1.29 is 4.74 Å². The van der Waals surface area contributed by atoms with Crippen LogP contribution in [-0.2, 0) is 0 Å². The summed E-state index contributed by atoms with van der Waals surface area (Å²) in [6.45, 7) is 2.31. The zero-order chi connectivity index (χ0) is 20.1. The average Bonchev–Trinajstić information content (AvgIpc) is 2.77. The highest BCUT2D eigenvalue weighted by Gasteiger charge is 2.35. The Labute approximate surface area is 178 Å². The minimum atomic E-state index is 0.772. The molecule has 2 unspecified atom stereocenters. The zero-order valence-electron chi connectivity index (χ0n) is 18.7. The number of rotatable bonds is 8. The van der Waals surface area contributed by atoms with Crippen molar-refractivity contribution in [2.45, 2.75) is 89.9 Å². The number of unbranched alkanes of at least 4 members (excludes halogenated alkanes) is 4. The van der Waals surface area contributed by atoms with Crippen LogP contribution in [0.1, 0.15) is 95.5 Å². The number of fused-ring (bicyclic) bond motifs is 2. The van der Waals surface area contributed by atoms with Crippen molar-refractivity contribution in [3.63, 3.8) is 0 Å². The quantitative estimate of drug-likeness (QED) is 0.409. The molecule has 2 saturated carbocycles. The Morgan fingerprint density at radius 1 is 0.793 bits per heavy atom. The summed E-state index contributed by atoms with van der Waals surface area (Å²) in [5, 5.41) is 2.65. The summed E-state index contributed by atoms with van der Waals surface area (Å²) in [5.41, 5.74) is 1.57. The number of benzene rings is 2. The highest BCUT2D eigenvalue weighted by atomic mass is 16.5. The standard InChI is InChI=1S/C28H40O/c1-3-4-5-6-7-8-21-9-10-23-18-24(12-11-22(23)17-21)25-13-14-27-20-28(29-2)16-15-26(27)19-25/h13-16,19-24H,3-12,17-18H2,1-2H3/t21?,22-,23?,24-/m1/s1. The van der Waals surface area contributed by atoms with E-state index >= 15 is 0 Å². The van der Waals surface area contributed by atoms with Crippen LogP contribution < -0.4 is 4.74 Å². The van der Waals surface area contributed by atoms with Gasteiger partial charge in [-0.2, -0.15) is 0 Å². The molecule has 158 valence electrons. The van der Waals surface area contributed by atoms with Gasteiger partial charge in [0, 0.05) is 0 Å². The first-order valence-corrected chi connectivity index (χ1v) is 12.3. The Morgan fingerprint density at radius 3 is 2.41 bits per heavy atom. The second kappa shape index (κ2) is 10.0. The second-order valence-electron chi connectivity index (χ2n) is 9.88. The summed E-state index contributed by atoms with van der Waals surface area (Å²) in [6.07, 6.45) is 17.5. The highest BCUT2D eigenvalue weighted by molar-refractivity contribution is 5.84. The van der Waals surface area contributed by atoms with Gasteiger partial charge in [-0.1, -0.05) is 76.1 Å². The molecule has 4 atom stereocenters. The van der Waals surface area contributed by atoms with Crippen LogP contribution in [-0.4, -0.2) is 7.11 Å². The summed E-state index contributed by atoms with van der Waals surface area (Å²) in [4.78, 5) is 0. The Kier molecular flexibility index (Phi) is 7.16. The molecular formula is C28H40O. The normalized spacial score (nSPS) is 27.0. The smallest absolute Gasteiger partial charge is 0.119 e. The molecule has 2 aliphatic carbocycles. The monoisotopic (exact) mass is 392 g/mol. The molecule has 4 rings (SSSR count). The second-order valence-corrected chi connectivity index (χ2v) is 9.88. The first-order chi connectivity index (χ1) is 14.3. The SMILES string of the molecule is CCCCCCCC1CCC2C[C@H](c3ccc4cc(OC)ccc4c3)CC[C@@H]2C1. The van der Waals surface area contributed by atoms with Crippen LogP contribution in [0.25, 0.3) is 10.8 Å². The molecular weight excluding hydrogens is 352 g/mol. The van der Waals surface area contributed by atoms with Crippen LogP contribution >= 0.6 is 0 Å². The summed E-state index contributed by atoms with van der Waals surface area (Å²) in [7, 11) is 1.75. The summed E-state index contributed by atoms with van der Waals surface area (Å²) >= 11 is 0. The first kappa shape index (κ1) is 20.8. The molecule has 1 nitrogen and oxygen atoms in total. The molecule has 2 fully saturated rings. The third-order valence-electron chi connectivity index (χ3n) is 7.98. The summed E-state index contributed by atoms with van der Waals surface area (Å²) in [6, 6.07) is 13.6. The molecule has 29 heavy (non-hydrogen) atoms. The van der Waals surface area contributed by atoms with Gasteiger partial charge in [-0.05, 0) is 84.2 Å². The van der Waals surface area contributed by atoms with E-state index in [2.05, 4.69) is 43.3 Å². The van der Waals surface area contributed by atoms with E-state index in [0.29, 0.717) is 0 Å². The van der Waals surface area contributed by atoms with Crippen LogP contribution in [0.4, 0.5) is 0 Å². The molecule has 0 aliphatic heterocycles. The molecule has 0 radical (unpaired) electrons. The van der Waals surface area contributed by atoms with Gasteiger partial charge in [0.25, 0.3) is 0 Å². The molecule has 0 N–H and O–H groups in total. The maximum absolute atomic E-state index is 5.38. The van der Waals surface area contributed by atoms with Gasteiger partial charge in [0.1, 0.15) is 5.75 Å². The van der Waals surface area contributed by atoms with E-state index in [1.54, 1.807) is 12.7 Å². The highest BCUT2D eigenvalue weighted by Crippen LogP contribution is 2.48. The lowest BCUT2D eigenvalue weighted by molar-refractivity contribution is 0.113. The third-order valence-corrected chi connectivity index (χ3v) is 7.98. The first-order valence-electron chi connectivity index (χ1n) is 12.3. The Hall–Kier alpha value is -1.50. The lowest BCUT2D eigenvalue weighted by atomic mass is 9.63. The molecule has 0 saturated heterocycles. The maximum Gasteiger partial charge on any atom is 0.119 e. The van der Waals surface area contributed by atoms with Gasteiger partial charge in [-0.25, -0.2) is 0 Å². The molecule has 2 aromatic rings. The van der Waals surface area contributed by atoms with Gasteiger partial charge in [0.15, 0.2) is 0 Å². The van der Waals surface area contributed by atoms with E-state index in [1.807, 2.05) is 0 Å². The zero-order valence-corrected chi connectivity index (χ0v) is 18.7. The van der Waals surface area contributed by atoms with Crippen molar-refractivity contribution in [2.75, 3.05) is 7.11 Å². The van der Waals surface area contributed by atoms with Crippen LogP contribution in [0.3, 0.4) is 0 Å². The van der Waals surface area contributed by atoms with E-state index in [4.69, 9.17) is 4.74 Å². The van der Waals surface area contributed by atoms with Crippen LogP contribution in [0, 0.1) is 17.8 Å². The fourth-order valence-electron chi connectivity index (χ4n) is 6.21. The van der Waals surface area contributed by atoms with E-state index in [0.717, 1.165) is 29.4 Å². The summed E-state index contributed by atoms with van der Waals surface area (Å²) in [5.74, 6) is 4.76. The molecule has 0 bridgehead atoms. The Morgan fingerprint density at radius 2 is 1.55 bits per heavy atom. The number of hydrogen-bond donors (Lipinski definition) is 0. The maximum atomic E-state index is 5.38. The van der Waals surface area contributed by atoms with Crippen LogP contribution in [0.5, 0.6) is 5.75 Å². The number of methoxy groups -OCH3 is 1. The van der Waals surface area contributed by atoms with Crippen molar-refractivity contribution in [2.24, 2.45) is 17.8 Å². The average molecular weight is 393 g/mol. The molecule has 1 heteroatoms. The van der Waals surface area contributed by atoms with Crippen LogP contribution in [0.2, 0.25) is 0 Å². The van der Waals surface area contributed by atoms with E-state index in [9.17, 15) is 0 Å². The van der Waals surface area contributed by atoms with Gasteiger partial charge in [0.2, 0.25) is 0 Å². The fraction of sp³-hybridized carbons (Fsp3) is 0.643. The molecule has 2 aliphatic rings.